The predicted molar refractivity (Wildman–Crippen MR) is 103 cm³/mol. The lowest BCUT2D eigenvalue weighted by Gasteiger charge is -2.04. The first-order valence-corrected chi connectivity index (χ1v) is 8.41. The van der Waals surface area contributed by atoms with Gasteiger partial charge in [-0.2, -0.15) is 0 Å². The van der Waals surface area contributed by atoms with Gasteiger partial charge in [0.25, 0.3) is 5.91 Å². The Labute approximate surface area is 160 Å². The molecule has 0 fully saturated rings. The van der Waals surface area contributed by atoms with Crippen molar-refractivity contribution >= 4 is 46.7 Å². The number of benzene rings is 2. The minimum Gasteiger partial charge on any atom is -0.459 e. The van der Waals surface area contributed by atoms with Crippen LogP contribution in [-0.2, 0) is 0 Å². The number of furan rings is 1. The number of amides is 1. The van der Waals surface area contributed by atoms with Crippen LogP contribution in [-0.4, -0.2) is 11.7 Å². The summed E-state index contributed by atoms with van der Waals surface area (Å²) in [7, 11) is 0. The molecule has 0 saturated carbocycles. The quantitative estimate of drug-likeness (QED) is 0.450. The van der Waals surface area contributed by atoms with Crippen molar-refractivity contribution in [1.29, 1.82) is 0 Å². The number of nitrogens with one attached hydrogen (secondary N) is 1. The maximum atomic E-state index is 12.3. The van der Waals surface area contributed by atoms with E-state index >= 15 is 0 Å². The molecular weight excluding hydrogens is 373 g/mol. The van der Waals surface area contributed by atoms with Crippen LogP contribution in [0.25, 0.3) is 6.08 Å². The van der Waals surface area contributed by atoms with Crippen molar-refractivity contribution in [2.45, 2.75) is 0 Å². The SMILES string of the molecule is O=C(/C=C/c1ccc(Cl)cc1Cl)c1ccc(NC(=O)c2ccco2)cc1. The smallest absolute Gasteiger partial charge is 0.291 e. The molecule has 0 aliphatic carbocycles. The van der Waals surface area contributed by atoms with Gasteiger partial charge in [0.15, 0.2) is 11.5 Å². The van der Waals surface area contributed by atoms with Gasteiger partial charge in [-0.25, -0.2) is 0 Å². The van der Waals surface area contributed by atoms with Crippen molar-refractivity contribution in [3.8, 4) is 0 Å². The Balaban J connectivity index is 1.67. The van der Waals surface area contributed by atoms with Crippen molar-refractivity contribution in [3.63, 3.8) is 0 Å². The largest absolute Gasteiger partial charge is 0.459 e. The normalized spacial score (nSPS) is 10.8. The monoisotopic (exact) mass is 385 g/mol. The molecule has 0 saturated heterocycles. The van der Waals surface area contributed by atoms with Crippen LogP contribution < -0.4 is 5.32 Å². The summed E-state index contributed by atoms with van der Waals surface area (Å²) < 4.78 is 5.03. The van der Waals surface area contributed by atoms with Gasteiger partial charge < -0.3 is 9.73 Å². The third-order valence-electron chi connectivity index (χ3n) is 3.55. The summed E-state index contributed by atoms with van der Waals surface area (Å²) in [5, 5.41) is 3.69. The van der Waals surface area contributed by atoms with E-state index in [0.29, 0.717) is 26.9 Å². The number of hydrogen-bond donors (Lipinski definition) is 1. The maximum Gasteiger partial charge on any atom is 0.291 e. The number of carbonyl (C=O) groups is 2. The van der Waals surface area contributed by atoms with Gasteiger partial charge in [0.2, 0.25) is 0 Å². The molecule has 6 heteroatoms. The molecule has 1 aromatic heterocycles. The van der Waals surface area contributed by atoms with Crippen LogP contribution in [0.2, 0.25) is 10.0 Å². The molecule has 26 heavy (non-hydrogen) atoms. The number of anilines is 1. The fourth-order valence-corrected chi connectivity index (χ4v) is 2.69. The minimum atomic E-state index is -0.355. The van der Waals surface area contributed by atoms with Crippen LogP contribution in [0.1, 0.15) is 26.5 Å². The second-order valence-corrected chi connectivity index (χ2v) is 6.22. The van der Waals surface area contributed by atoms with Crippen LogP contribution in [0.5, 0.6) is 0 Å². The zero-order valence-electron chi connectivity index (χ0n) is 13.4. The highest BCUT2D eigenvalue weighted by Gasteiger charge is 2.09. The Hall–Kier alpha value is -2.82. The average molecular weight is 386 g/mol. The lowest BCUT2D eigenvalue weighted by Crippen LogP contribution is -2.10. The van der Waals surface area contributed by atoms with Gasteiger partial charge in [-0.1, -0.05) is 29.3 Å². The summed E-state index contributed by atoms with van der Waals surface area (Å²) in [6.07, 6.45) is 4.50. The summed E-state index contributed by atoms with van der Waals surface area (Å²) in [5.74, 6) is -0.320. The van der Waals surface area contributed by atoms with Gasteiger partial charge in [0, 0.05) is 21.3 Å². The fraction of sp³-hybridized carbons (Fsp3) is 0. The van der Waals surface area contributed by atoms with Gasteiger partial charge in [-0.15, -0.1) is 0 Å². The Bertz CT molecular complexity index is 961. The van der Waals surface area contributed by atoms with Crippen molar-refractivity contribution in [2.24, 2.45) is 0 Å². The van der Waals surface area contributed by atoms with E-state index in [1.165, 1.54) is 12.3 Å². The van der Waals surface area contributed by atoms with E-state index in [1.807, 2.05) is 0 Å². The summed E-state index contributed by atoms with van der Waals surface area (Å²) >= 11 is 11.9. The number of hydrogen-bond acceptors (Lipinski definition) is 3. The van der Waals surface area contributed by atoms with E-state index < -0.39 is 0 Å². The van der Waals surface area contributed by atoms with Gasteiger partial charge >= 0.3 is 0 Å². The zero-order valence-corrected chi connectivity index (χ0v) is 14.9. The van der Waals surface area contributed by atoms with Gasteiger partial charge in [0.1, 0.15) is 0 Å². The molecule has 1 heterocycles. The van der Waals surface area contributed by atoms with Crippen LogP contribution in [0.15, 0.2) is 71.4 Å². The van der Waals surface area contributed by atoms with Crippen molar-refractivity contribution < 1.29 is 14.0 Å². The van der Waals surface area contributed by atoms with Crippen molar-refractivity contribution in [2.75, 3.05) is 5.32 Å². The molecule has 4 nitrogen and oxygen atoms in total. The number of rotatable bonds is 5. The Kier molecular flexibility index (Phi) is 5.56. The second-order valence-electron chi connectivity index (χ2n) is 5.37. The first kappa shape index (κ1) is 18.0. The molecular formula is C20H13Cl2NO3. The Morgan fingerprint density at radius 3 is 2.42 bits per heavy atom. The highest BCUT2D eigenvalue weighted by Crippen LogP contribution is 2.22. The standard InChI is InChI=1S/C20H13Cl2NO3/c21-15-7-3-13(17(22)12-15)6-10-18(24)14-4-8-16(9-5-14)23-20(25)19-2-1-11-26-19/h1-12H,(H,23,25)/b10-6+. The van der Waals surface area contributed by atoms with Gasteiger partial charge in [-0.3, -0.25) is 9.59 Å². The first-order valence-electron chi connectivity index (χ1n) is 7.65. The highest BCUT2D eigenvalue weighted by atomic mass is 35.5. The third-order valence-corrected chi connectivity index (χ3v) is 4.11. The fourth-order valence-electron chi connectivity index (χ4n) is 2.22. The molecule has 3 rings (SSSR count). The second kappa shape index (κ2) is 8.04. The van der Waals surface area contributed by atoms with E-state index in [4.69, 9.17) is 27.6 Å². The van der Waals surface area contributed by atoms with E-state index in [2.05, 4.69) is 5.32 Å². The lowest BCUT2D eigenvalue weighted by molar-refractivity contribution is 0.0996. The highest BCUT2D eigenvalue weighted by molar-refractivity contribution is 6.35. The topological polar surface area (TPSA) is 59.3 Å². The summed E-state index contributed by atoms with van der Waals surface area (Å²) in [6, 6.07) is 14.8. The summed E-state index contributed by atoms with van der Waals surface area (Å²) in [5.41, 5.74) is 1.75. The molecule has 1 N–H and O–H groups in total. The van der Waals surface area contributed by atoms with Crippen LogP contribution in [0, 0.1) is 0 Å². The lowest BCUT2D eigenvalue weighted by atomic mass is 10.1. The summed E-state index contributed by atoms with van der Waals surface area (Å²) in [6.45, 7) is 0. The van der Waals surface area contributed by atoms with E-state index in [0.717, 1.165) is 0 Å². The summed E-state index contributed by atoms with van der Waals surface area (Å²) in [4.78, 5) is 24.2. The molecule has 130 valence electrons. The molecule has 0 spiro atoms. The van der Waals surface area contributed by atoms with E-state index in [9.17, 15) is 9.59 Å². The molecule has 0 radical (unpaired) electrons. The van der Waals surface area contributed by atoms with Crippen LogP contribution in [0.3, 0.4) is 0 Å². The van der Waals surface area contributed by atoms with Gasteiger partial charge in [0.05, 0.1) is 6.26 Å². The van der Waals surface area contributed by atoms with Gasteiger partial charge in [-0.05, 0) is 66.2 Å². The molecule has 1 amide bonds. The maximum absolute atomic E-state index is 12.3. The third kappa shape index (κ3) is 4.42. The molecule has 0 aliphatic heterocycles. The predicted octanol–water partition coefficient (Wildman–Crippen LogP) is 5.73. The molecule has 0 atom stereocenters. The number of halogens is 2. The van der Waals surface area contributed by atoms with E-state index in [-0.39, 0.29) is 17.5 Å². The van der Waals surface area contributed by atoms with E-state index in [1.54, 1.807) is 60.7 Å². The van der Waals surface area contributed by atoms with Crippen LogP contribution in [0.4, 0.5) is 5.69 Å². The van der Waals surface area contributed by atoms with Crippen LogP contribution >= 0.6 is 23.2 Å². The van der Waals surface area contributed by atoms with Crippen molar-refractivity contribution in [1.82, 2.24) is 0 Å². The zero-order chi connectivity index (χ0) is 18.5. The first-order chi connectivity index (χ1) is 12.5. The number of carbonyl (C=O) groups excluding carboxylic acids is 2. The Morgan fingerprint density at radius 1 is 1.00 bits per heavy atom. The molecule has 0 bridgehead atoms. The molecule has 3 aromatic rings. The molecule has 0 aliphatic rings. The average Bonchev–Trinajstić information content (AvgIpc) is 3.16. The molecule has 0 unspecified atom stereocenters. The number of ketones is 1. The Morgan fingerprint density at radius 2 is 1.77 bits per heavy atom. The van der Waals surface area contributed by atoms with Crippen molar-refractivity contribution in [3.05, 3.63) is 93.9 Å². The number of allylic oxidation sites excluding steroid dienone is 1. The minimum absolute atomic E-state index is 0.181. The molecule has 2 aromatic carbocycles.